The van der Waals surface area contributed by atoms with Crippen molar-refractivity contribution in [2.45, 2.75) is 19.3 Å². The van der Waals surface area contributed by atoms with E-state index in [9.17, 15) is 9.59 Å². The number of aliphatic hydroxyl groups is 1. The predicted molar refractivity (Wildman–Crippen MR) is 56.2 cm³/mol. The zero-order valence-corrected chi connectivity index (χ0v) is 8.71. The van der Waals surface area contributed by atoms with Crippen LogP contribution in [-0.4, -0.2) is 27.4 Å². The van der Waals surface area contributed by atoms with Crippen LogP contribution in [0.5, 0.6) is 0 Å². The molecule has 2 heterocycles. The van der Waals surface area contributed by atoms with Crippen LogP contribution in [0.1, 0.15) is 11.8 Å². The number of aromatic amines is 1. The fourth-order valence-corrected chi connectivity index (χ4v) is 1.53. The quantitative estimate of drug-likeness (QED) is 0.518. The van der Waals surface area contributed by atoms with Crippen LogP contribution >= 0.6 is 0 Å². The van der Waals surface area contributed by atoms with E-state index in [0.29, 0.717) is 5.56 Å². The van der Waals surface area contributed by atoms with Crippen LogP contribution in [0.25, 0.3) is 0 Å². The Kier molecular flexibility index (Phi) is 2.76. The number of nitrogens with zero attached hydrogens (tertiary/aromatic N) is 1. The predicted octanol–water partition coefficient (Wildman–Crippen LogP) is -0.709. The first-order valence-corrected chi connectivity index (χ1v) is 4.88. The molecule has 0 radical (unpaired) electrons. The molecule has 2 rings (SSSR count). The molecule has 0 aliphatic carbocycles. The van der Waals surface area contributed by atoms with E-state index in [0.717, 1.165) is 0 Å². The van der Waals surface area contributed by atoms with Gasteiger partial charge in [0, 0.05) is 11.8 Å². The lowest BCUT2D eigenvalue weighted by Gasteiger charge is -2.14. The molecular formula is C10H12N2O4. The van der Waals surface area contributed by atoms with E-state index in [1.54, 1.807) is 19.1 Å². The molecule has 86 valence electrons. The molecule has 1 aromatic heterocycles. The standard InChI is InChI=1S/C10H12N2O4/c1-6-4-12(10(15)11-9(6)14)8-3-2-7(5-13)16-8/h2-4,7-8,13H,5H2,1H3,(H,11,14,15)/t7-,8+/m0/s1/i2+1,3+1,5+1,7+1,8+1. The van der Waals surface area contributed by atoms with Crippen LogP contribution in [0.15, 0.2) is 27.9 Å². The Morgan fingerprint density at radius 2 is 2.25 bits per heavy atom. The smallest absolute Gasteiger partial charge is 0.330 e. The number of H-pyrrole nitrogens is 1. The van der Waals surface area contributed by atoms with Crippen LogP contribution in [0, 0.1) is 6.92 Å². The summed E-state index contributed by atoms with van der Waals surface area (Å²) in [5, 5.41) is 8.88. The molecule has 0 aromatic carbocycles. The van der Waals surface area contributed by atoms with Crippen molar-refractivity contribution in [2.24, 2.45) is 0 Å². The SMILES string of the molecule is Cc1cn([13C@H]2[13CH]=[13CH][13C@@H]([13CH2]O)O2)c(=O)[nH]c1=O. The molecule has 1 aromatic rings. The van der Waals surface area contributed by atoms with Crippen molar-refractivity contribution in [3.05, 3.63) is 44.8 Å². The zero-order valence-electron chi connectivity index (χ0n) is 8.71. The summed E-state index contributed by atoms with van der Waals surface area (Å²) in [7, 11) is 0. The van der Waals surface area contributed by atoms with E-state index >= 15 is 0 Å². The molecule has 0 saturated heterocycles. The Hall–Kier alpha value is -1.66. The first-order chi connectivity index (χ1) is 7.61. The summed E-state index contributed by atoms with van der Waals surface area (Å²) in [5.74, 6) is 0. The number of nitrogens with one attached hydrogen (secondary N) is 1. The van der Waals surface area contributed by atoms with Gasteiger partial charge in [-0.2, -0.15) is 0 Å². The molecule has 1 aliphatic heterocycles. The highest BCUT2D eigenvalue weighted by atomic mass is 16.7. The maximum Gasteiger partial charge on any atom is 0.330 e. The summed E-state index contributed by atoms with van der Waals surface area (Å²) >= 11 is 0. The van der Waals surface area contributed by atoms with Gasteiger partial charge in [-0.25, -0.2) is 4.79 Å². The van der Waals surface area contributed by atoms with Crippen LogP contribution in [0.3, 0.4) is 0 Å². The first kappa shape index (κ1) is 10.8. The van der Waals surface area contributed by atoms with Crippen molar-refractivity contribution in [3.8, 4) is 0 Å². The van der Waals surface area contributed by atoms with Crippen LogP contribution in [0.2, 0.25) is 0 Å². The van der Waals surface area contributed by atoms with Gasteiger partial charge in [0.1, 0.15) is 6.10 Å². The van der Waals surface area contributed by atoms with Crippen LogP contribution in [0.4, 0.5) is 0 Å². The topological polar surface area (TPSA) is 84.3 Å². The summed E-state index contributed by atoms with van der Waals surface area (Å²) in [4.78, 5) is 24.9. The number of aliphatic hydroxyl groups excluding tert-OH is 1. The summed E-state index contributed by atoms with van der Waals surface area (Å²) < 4.78 is 6.63. The number of hydrogen-bond acceptors (Lipinski definition) is 4. The van der Waals surface area contributed by atoms with Gasteiger partial charge < -0.3 is 9.84 Å². The zero-order chi connectivity index (χ0) is 11.7. The van der Waals surface area contributed by atoms with E-state index in [-0.39, 0.29) is 6.61 Å². The van der Waals surface area contributed by atoms with Gasteiger partial charge >= 0.3 is 5.69 Å². The second-order valence-electron chi connectivity index (χ2n) is 3.61. The largest absolute Gasteiger partial charge is 0.393 e. The first-order valence-electron chi connectivity index (χ1n) is 4.88. The molecule has 2 N–H and O–H groups in total. The van der Waals surface area contributed by atoms with E-state index in [1.807, 2.05) is 0 Å². The third kappa shape index (κ3) is 1.84. The minimum atomic E-state index is -0.569. The van der Waals surface area contributed by atoms with Gasteiger partial charge in [0.05, 0.1) is 6.61 Å². The van der Waals surface area contributed by atoms with Gasteiger partial charge in [0.15, 0.2) is 6.23 Å². The molecule has 0 fully saturated rings. The summed E-state index contributed by atoms with van der Waals surface area (Å²) in [6, 6.07) is 0. The molecule has 6 nitrogen and oxygen atoms in total. The average molecular weight is 229 g/mol. The van der Waals surface area contributed by atoms with Crippen LogP contribution < -0.4 is 11.2 Å². The van der Waals surface area contributed by atoms with Gasteiger partial charge in [0.2, 0.25) is 0 Å². The Morgan fingerprint density at radius 3 is 2.88 bits per heavy atom. The monoisotopic (exact) mass is 229 g/mol. The lowest BCUT2D eigenvalue weighted by Crippen LogP contribution is -2.33. The number of rotatable bonds is 2. The van der Waals surface area contributed by atoms with Gasteiger partial charge in [-0.15, -0.1) is 0 Å². The van der Waals surface area contributed by atoms with Crippen molar-refractivity contribution < 1.29 is 9.84 Å². The Morgan fingerprint density at radius 1 is 1.50 bits per heavy atom. The molecule has 0 saturated carbocycles. The Bertz CT molecular complexity index is 528. The van der Waals surface area contributed by atoms with E-state index in [1.165, 1.54) is 10.8 Å². The van der Waals surface area contributed by atoms with Crippen molar-refractivity contribution in [3.63, 3.8) is 0 Å². The second-order valence-corrected chi connectivity index (χ2v) is 3.61. The number of aromatic nitrogens is 2. The summed E-state index contributed by atoms with van der Waals surface area (Å²) in [5.41, 5.74) is -0.491. The third-order valence-corrected chi connectivity index (χ3v) is 2.40. The lowest BCUT2D eigenvalue weighted by molar-refractivity contribution is -0.0104. The number of ether oxygens (including phenoxy) is 1. The maximum atomic E-state index is 11.5. The fraction of sp³-hybridized carbons (Fsp3) is 0.400. The lowest BCUT2D eigenvalue weighted by atomic mass is 10.4. The van der Waals surface area contributed by atoms with E-state index in [2.05, 4.69) is 4.98 Å². The third-order valence-electron chi connectivity index (χ3n) is 2.40. The Balaban J connectivity index is 2.36. The van der Waals surface area contributed by atoms with Crippen molar-refractivity contribution in [1.29, 1.82) is 0 Å². The number of hydrogen-bond donors (Lipinski definition) is 2. The number of aryl methyl sites for hydroxylation is 1. The van der Waals surface area contributed by atoms with Gasteiger partial charge in [0.25, 0.3) is 5.56 Å². The van der Waals surface area contributed by atoms with Crippen LogP contribution in [-0.2, 0) is 4.74 Å². The molecule has 0 unspecified atom stereocenters. The normalized spacial score (nSPS) is 23.9. The summed E-state index contributed by atoms with van der Waals surface area (Å²) in [6.45, 7) is 1.47. The minimum Gasteiger partial charge on any atom is -0.393 e. The summed E-state index contributed by atoms with van der Waals surface area (Å²) in [6.07, 6.45) is 3.82. The molecule has 0 spiro atoms. The average Bonchev–Trinajstić information content (AvgIpc) is 2.71. The fourth-order valence-electron chi connectivity index (χ4n) is 1.53. The highest BCUT2D eigenvalue weighted by Gasteiger charge is 2.20. The molecule has 0 bridgehead atoms. The van der Waals surface area contributed by atoms with Gasteiger partial charge in [-0.05, 0) is 13.0 Å². The molecule has 6 heteroatoms. The van der Waals surface area contributed by atoms with Gasteiger partial charge in [-0.3, -0.25) is 14.3 Å². The Labute approximate surface area is 90.8 Å². The van der Waals surface area contributed by atoms with E-state index < -0.39 is 23.6 Å². The van der Waals surface area contributed by atoms with Gasteiger partial charge in [-0.1, -0.05) is 6.08 Å². The second kappa shape index (κ2) is 4.07. The van der Waals surface area contributed by atoms with Crippen molar-refractivity contribution >= 4 is 0 Å². The molecule has 16 heavy (non-hydrogen) atoms. The van der Waals surface area contributed by atoms with Crippen molar-refractivity contribution in [2.75, 3.05) is 6.61 Å². The minimum absolute atomic E-state index is 0.135. The highest BCUT2D eigenvalue weighted by Crippen LogP contribution is 2.18. The highest BCUT2D eigenvalue weighted by molar-refractivity contribution is 5.06. The maximum absolute atomic E-state index is 11.5. The van der Waals surface area contributed by atoms with Crippen molar-refractivity contribution in [1.82, 2.24) is 9.55 Å². The molecule has 1 aliphatic rings. The molecule has 0 amide bonds. The van der Waals surface area contributed by atoms with E-state index in [4.69, 9.17) is 9.84 Å². The molecular weight excluding hydrogens is 217 g/mol. The molecule has 2 atom stereocenters.